The number of methoxy groups -OCH3 is 1. The van der Waals surface area contributed by atoms with Gasteiger partial charge in [0.05, 0.1) is 18.4 Å². The minimum atomic E-state index is -0.694. The second kappa shape index (κ2) is 10.1. The van der Waals surface area contributed by atoms with Crippen LogP contribution in [-0.4, -0.2) is 24.6 Å². The first-order valence-electron chi connectivity index (χ1n) is 10.4. The van der Waals surface area contributed by atoms with Crippen LogP contribution in [0.15, 0.2) is 66.7 Å². The van der Waals surface area contributed by atoms with Crippen molar-refractivity contribution in [2.24, 2.45) is 0 Å². The summed E-state index contributed by atoms with van der Waals surface area (Å²) in [5.41, 5.74) is 1.79. The molecule has 1 amide bonds. The van der Waals surface area contributed by atoms with E-state index in [9.17, 15) is 14.0 Å². The molecule has 1 N–H and O–H groups in total. The van der Waals surface area contributed by atoms with Crippen LogP contribution < -0.4 is 10.1 Å². The van der Waals surface area contributed by atoms with Gasteiger partial charge in [0.25, 0.3) is 5.91 Å². The summed E-state index contributed by atoms with van der Waals surface area (Å²) >= 11 is 0. The quantitative estimate of drug-likeness (QED) is 0.360. The summed E-state index contributed by atoms with van der Waals surface area (Å²) in [5, 5.41) is 2.75. The Bertz CT molecular complexity index is 1180. The highest BCUT2D eigenvalue weighted by atomic mass is 19.1. The van der Waals surface area contributed by atoms with Crippen molar-refractivity contribution in [3.8, 4) is 5.75 Å². The lowest BCUT2D eigenvalue weighted by Gasteiger charge is -2.21. The van der Waals surface area contributed by atoms with Crippen LogP contribution >= 0.6 is 0 Å². The van der Waals surface area contributed by atoms with Gasteiger partial charge >= 0.3 is 5.97 Å². The van der Waals surface area contributed by atoms with Crippen LogP contribution in [0.5, 0.6) is 5.75 Å². The number of benzene rings is 3. The van der Waals surface area contributed by atoms with Crippen molar-refractivity contribution >= 4 is 29.7 Å². The molecule has 0 aromatic heterocycles. The molecule has 5 nitrogen and oxygen atoms in total. The Kier molecular flexibility index (Phi) is 7.28. The number of anilines is 1. The molecule has 33 heavy (non-hydrogen) atoms. The maximum atomic E-state index is 13.2. The lowest BCUT2D eigenvalue weighted by Crippen LogP contribution is -2.25. The molecule has 0 fully saturated rings. The minimum absolute atomic E-state index is 0.221. The third-order valence-corrected chi connectivity index (χ3v) is 4.58. The van der Waals surface area contributed by atoms with Crippen LogP contribution in [0.1, 0.15) is 52.6 Å². The molecule has 0 aliphatic heterocycles. The largest absolute Gasteiger partial charge is 0.497 e. The summed E-state index contributed by atoms with van der Waals surface area (Å²) in [6.45, 7) is 5.31. The lowest BCUT2D eigenvalue weighted by atomic mass is 10.1. The molecule has 0 radical (unpaired) electrons. The van der Waals surface area contributed by atoms with Gasteiger partial charge in [-0.3, -0.25) is 4.79 Å². The van der Waals surface area contributed by atoms with Crippen molar-refractivity contribution in [3.63, 3.8) is 0 Å². The van der Waals surface area contributed by atoms with Gasteiger partial charge in [0.1, 0.15) is 17.2 Å². The van der Waals surface area contributed by atoms with Crippen molar-refractivity contribution in [2.45, 2.75) is 26.4 Å². The molecule has 0 aliphatic carbocycles. The number of rotatable bonds is 6. The van der Waals surface area contributed by atoms with E-state index in [0.29, 0.717) is 5.69 Å². The first-order chi connectivity index (χ1) is 15.6. The average Bonchev–Trinajstić information content (AvgIpc) is 2.77. The SMILES string of the molecule is COc1cccc(/C=C/c2ccc(C(=O)OC(C)(C)C)c(NC(=O)c3ccc(F)cc3)c2)c1. The standard InChI is InChI=1S/C27H26FNO4/c1-27(2,3)33-26(31)23-15-10-19(9-8-18-6-5-7-22(16-18)32-4)17-24(23)29-25(30)20-11-13-21(28)14-12-20/h5-17H,1-4H3,(H,29,30)/b9-8+. The monoisotopic (exact) mass is 447 g/mol. The Labute approximate surface area is 192 Å². The Morgan fingerprint density at radius 3 is 2.21 bits per heavy atom. The number of hydrogen-bond donors (Lipinski definition) is 1. The van der Waals surface area contributed by atoms with Gasteiger partial charge in [0.15, 0.2) is 0 Å². The average molecular weight is 448 g/mol. The topological polar surface area (TPSA) is 64.6 Å². The smallest absolute Gasteiger partial charge is 0.340 e. The van der Waals surface area contributed by atoms with E-state index in [-0.39, 0.29) is 11.1 Å². The lowest BCUT2D eigenvalue weighted by molar-refractivity contribution is 0.00707. The van der Waals surface area contributed by atoms with Gasteiger partial charge < -0.3 is 14.8 Å². The van der Waals surface area contributed by atoms with Gasteiger partial charge in [-0.05, 0) is 80.4 Å². The molecule has 3 rings (SSSR count). The van der Waals surface area contributed by atoms with E-state index in [0.717, 1.165) is 16.9 Å². The molecule has 0 saturated heterocycles. The van der Waals surface area contributed by atoms with Gasteiger partial charge in [-0.15, -0.1) is 0 Å². The van der Waals surface area contributed by atoms with Gasteiger partial charge in [0, 0.05) is 5.56 Å². The van der Waals surface area contributed by atoms with Crippen LogP contribution in [0.2, 0.25) is 0 Å². The van der Waals surface area contributed by atoms with Crippen molar-refractivity contribution in [1.82, 2.24) is 0 Å². The number of ether oxygens (including phenoxy) is 2. The Balaban J connectivity index is 1.93. The first kappa shape index (κ1) is 23.7. The van der Waals surface area contributed by atoms with E-state index in [1.54, 1.807) is 46.1 Å². The van der Waals surface area contributed by atoms with E-state index in [2.05, 4.69) is 5.32 Å². The van der Waals surface area contributed by atoms with Crippen LogP contribution in [0.4, 0.5) is 10.1 Å². The molecule has 170 valence electrons. The second-order valence-electron chi connectivity index (χ2n) is 8.38. The number of nitrogens with one attached hydrogen (secondary N) is 1. The number of esters is 1. The maximum Gasteiger partial charge on any atom is 0.340 e. The third kappa shape index (κ3) is 6.77. The van der Waals surface area contributed by atoms with Crippen LogP contribution in [0.3, 0.4) is 0 Å². The molecule has 0 atom stereocenters. The second-order valence-corrected chi connectivity index (χ2v) is 8.38. The molecule has 6 heteroatoms. The highest BCUT2D eigenvalue weighted by Crippen LogP contribution is 2.24. The summed E-state index contributed by atoms with van der Waals surface area (Å²) in [4.78, 5) is 25.5. The van der Waals surface area contributed by atoms with Crippen molar-refractivity contribution in [3.05, 3.63) is 94.8 Å². The highest BCUT2D eigenvalue weighted by Gasteiger charge is 2.21. The highest BCUT2D eigenvalue weighted by molar-refractivity contribution is 6.08. The zero-order chi connectivity index (χ0) is 24.0. The summed E-state index contributed by atoms with van der Waals surface area (Å²) in [5.74, 6) is -0.718. The molecule has 0 unspecified atom stereocenters. The van der Waals surface area contributed by atoms with E-state index >= 15 is 0 Å². The third-order valence-electron chi connectivity index (χ3n) is 4.58. The fraction of sp³-hybridized carbons (Fsp3) is 0.185. The predicted molar refractivity (Wildman–Crippen MR) is 128 cm³/mol. The van der Waals surface area contributed by atoms with Crippen LogP contribution in [0, 0.1) is 5.82 Å². The van der Waals surface area contributed by atoms with Crippen molar-refractivity contribution < 1.29 is 23.5 Å². The number of amides is 1. The maximum absolute atomic E-state index is 13.2. The Hall–Kier alpha value is -3.93. The molecular formula is C27H26FNO4. The molecule has 3 aromatic carbocycles. The summed E-state index contributed by atoms with van der Waals surface area (Å²) in [6.07, 6.45) is 3.76. The number of hydrogen-bond acceptors (Lipinski definition) is 4. The first-order valence-corrected chi connectivity index (χ1v) is 10.4. The van der Waals surface area contributed by atoms with Gasteiger partial charge in [-0.2, -0.15) is 0 Å². The Morgan fingerprint density at radius 2 is 1.58 bits per heavy atom. The molecular weight excluding hydrogens is 421 g/mol. The zero-order valence-corrected chi connectivity index (χ0v) is 19.0. The fourth-order valence-corrected chi connectivity index (χ4v) is 3.01. The van der Waals surface area contributed by atoms with Crippen LogP contribution in [0.25, 0.3) is 12.2 Å². The summed E-state index contributed by atoms with van der Waals surface area (Å²) < 4.78 is 24.0. The van der Waals surface area contributed by atoms with Gasteiger partial charge in [-0.25, -0.2) is 9.18 Å². The van der Waals surface area contributed by atoms with Crippen molar-refractivity contribution in [2.75, 3.05) is 12.4 Å². The van der Waals surface area contributed by atoms with Gasteiger partial charge in [-0.1, -0.05) is 30.4 Å². The normalized spacial score (nSPS) is 11.3. The molecule has 3 aromatic rings. The molecule has 0 aliphatic rings. The minimum Gasteiger partial charge on any atom is -0.497 e. The van der Waals surface area contributed by atoms with E-state index in [1.165, 1.54) is 24.3 Å². The van der Waals surface area contributed by atoms with Crippen molar-refractivity contribution in [1.29, 1.82) is 0 Å². The molecule has 0 saturated carbocycles. The van der Waals surface area contributed by atoms with Crippen LogP contribution in [-0.2, 0) is 4.74 Å². The van der Waals surface area contributed by atoms with E-state index < -0.39 is 23.3 Å². The number of carbonyl (C=O) groups excluding carboxylic acids is 2. The fourth-order valence-electron chi connectivity index (χ4n) is 3.01. The Morgan fingerprint density at radius 1 is 0.909 bits per heavy atom. The molecule has 0 spiro atoms. The van der Waals surface area contributed by atoms with Gasteiger partial charge in [0.2, 0.25) is 0 Å². The zero-order valence-electron chi connectivity index (χ0n) is 19.0. The number of halogens is 1. The van der Waals surface area contributed by atoms with E-state index in [4.69, 9.17) is 9.47 Å². The predicted octanol–water partition coefficient (Wildman–Crippen LogP) is 6.21. The number of carbonyl (C=O) groups is 2. The molecule has 0 bridgehead atoms. The van der Waals surface area contributed by atoms with E-state index in [1.807, 2.05) is 36.4 Å². The molecule has 0 heterocycles. The summed E-state index contributed by atoms with van der Waals surface area (Å²) in [6, 6.07) is 17.8. The summed E-state index contributed by atoms with van der Waals surface area (Å²) in [7, 11) is 1.61.